The van der Waals surface area contributed by atoms with Crippen molar-refractivity contribution in [3.05, 3.63) is 12.2 Å². The maximum absolute atomic E-state index is 3.86. The smallest absolute Gasteiger partial charge is 0.0652 e. The third-order valence-corrected chi connectivity index (χ3v) is 1.12. The Balaban J connectivity index is 4.25. The van der Waals surface area contributed by atoms with E-state index in [2.05, 4.69) is 30.8 Å². The topological polar surface area (TPSA) is 24.7 Å². The lowest BCUT2D eigenvalue weighted by Crippen LogP contribution is -2.02. The molecule has 0 heterocycles. The minimum absolute atomic E-state index is 0.418. The molecule has 0 saturated carbocycles. The van der Waals surface area contributed by atoms with Crippen LogP contribution in [-0.2, 0) is 0 Å². The van der Waals surface area contributed by atoms with Crippen LogP contribution >= 0.6 is 0 Å². The lowest BCUT2D eigenvalue weighted by Gasteiger charge is -2.00. The molecule has 0 spiro atoms. The first-order valence-corrected chi connectivity index (χ1v) is 3.38. The number of hydrogen-bond acceptors (Lipinski definition) is 2. The highest BCUT2D eigenvalue weighted by molar-refractivity contribution is 5.96. The standard InChI is InChI=1S/C8H14N2/c1-5-6-8(7(2)3)10-9-4/h5-7H,4H2,1-3H3/b6-5-,10-8+. The highest BCUT2D eigenvalue weighted by Gasteiger charge is 1.98. The van der Waals surface area contributed by atoms with Gasteiger partial charge in [0, 0.05) is 6.72 Å². The number of rotatable bonds is 3. The van der Waals surface area contributed by atoms with Crippen LogP contribution in [0.25, 0.3) is 0 Å². The Hall–Kier alpha value is -0.920. The van der Waals surface area contributed by atoms with Crippen molar-refractivity contribution in [1.82, 2.24) is 0 Å². The van der Waals surface area contributed by atoms with Crippen molar-refractivity contribution < 1.29 is 0 Å². The fourth-order valence-corrected chi connectivity index (χ4v) is 0.594. The highest BCUT2D eigenvalue weighted by Crippen LogP contribution is 1.98. The van der Waals surface area contributed by atoms with E-state index in [0.29, 0.717) is 5.92 Å². The van der Waals surface area contributed by atoms with Crippen molar-refractivity contribution in [2.45, 2.75) is 20.8 Å². The quantitative estimate of drug-likeness (QED) is 0.422. The van der Waals surface area contributed by atoms with Gasteiger partial charge in [0.05, 0.1) is 5.71 Å². The Kier molecular flexibility index (Phi) is 4.46. The van der Waals surface area contributed by atoms with Crippen LogP contribution in [-0.4, -0.2) is 12.4 Å². The van der Waals surface area contributed by atoms with E-state index < -0.39 is 0 Å². The van der Waals surface area contributed by atoms with Crippen LogP contribution in [0.4, 0.5) is 0 Å². The molecule has 0 rings (SSSR count). The summed E-state index contributed by atoms with van der Waals surface area (Å²) in [6.07, 6.45) is 3.89. The fourth-order valence-electron chi connectivity index (χ4n) is 0.594. The first-order chi connectivity index (χ1) is 4.72. The molecule has 2 heteroatoms. The van der Waals surface area contributed by atoms with E-state index in [4.69, 9.17) is 0 Å². The third-order valence-electron chi connectivity index (χ3n) is 1.12. The summed E-state index contributed by atoms with van der Waals surface area (Å²) in [5, 5.41) is 7.32. The van der Waals surface area contributed by atoms with Gasteiger partial charge >= 0.3 is 0 Å². The maximum atomic E-state index is 3.86. The summed E-state index contributed by atoms with van der Waals surface area (Å²) >= 11 is 0. The molecule has 0 unspecified atom stereocenters. The molecule has 0 radical (unpaired) electrons. The molecule has 0 aromatic heterocycles. The second-order valence-electron chi connectivity index (χ2n) is 2.32. The molecule has 0 aromatic carbocycles. The Morgan fingerprint density at radius 3 is 2.40 bits per heavy atom. The van der Waals surface area contributed by atoms with E-state index in [9.17, 15) is 0 Å². The van der Waals surface area contributed by atoms with Gasteiger partial charge in [0.25, 0.3) is 0 Å². The van der Waals surface area contributed by atoms with Gasteiger partial charge in [-0.25, -0.2) is 0 Å². The van der Waals surface area contributed by atoms with E-state index in [-0.39, 0.29) is 0 Å². The van der Waals surface area contributed by atoms with E-state index in [1.165, 1.54) is 0 Å². The summed E-state index contributed by atoms with van der Waals surface area (Å²) in [7, 11) is 0. The third kappa shape index (κ3) is 3.17. The van der Waals surface area contributed by atoms with Crippen LogP contribution in [0.5, 0.6) is 0 Å². The number of nitrogens with zero attached hydrogens (tertiary/aromatic N) is 2. The van der Waals surface area contributed by atoms with E-state index in [1.807, 2.05) is 19.1 Å². The Labute approximate surface area is 62.4 Å². The summed E-state index contributed by atoms with van der Waals surface area (Å²) in [6.45, 7) is 9.40. The van der Waals surface area contributed by atoms with Crippen molar-refractivity contribution in [2.24, 2.45) is 16.1 Å². The van der Waals surface area contributed by atoms with Gasteiger partial charge in [0.2, 0.25) is 0 Å². The van der Waals surface area contributed by atoms with Gasteiger partial charge in [-0.2, -0.15) is 10.2 Å². The van der Waals surface area contributed by atoms with Gasteiger partial charge in [-0.05, 0) is 18.9 Å². The van der Waals surface area contributed by atoms with Gasteiger partial charge < -0.3 is 0 Å². The van der Waals surface area contributed by atoms with Crippen molar-refractivity contribution in [2.75, 3.05) is 0 Å². The first-order valence-electron chi connectivity index (χ1n) is 3.38. The Bertz CT molecular complexity index is 155. The highest BCUT2D eigenvalue weighted by atomic mass is 15.2. The average molecular weight is 138 g/mol. The summed E-state index contributed by atoms with van der Waals surface area (Å²) in [6, 6.07) is 0. The van der Waals surface area contributed by atoms with Crippen LogP contribution in [0, 0.1) is 5.92 Å². The van der Waals surface area contributed by atoms with Crippen LogP contribution in [0.2, 0.25) is 0 Å². The molecule has 0 amide bonds. The summed E-state index contributed by atoms with van der Waals surface area (Å²) in [5.41, 5.74) is 0.970. The molecule has 0 atom stereocenters. The average Bonchev–Trinajstić information content (AvgIpc) is 1.87. The monoisotopic (exact) mass is 138 g/mol. The lowest BCUT2D eigenvalue weighted by molar-refractivity contribution is 0.881. The molecule has 0 aliphatic rings. The summed E-state index contributed by atoms with van der Waals surface area (Å²) in [5.74, 6) is 0.418. The largest absolute Gasteiger partial charge is 0.167 e. The minimum atomic E-state index is 0.418. The predicted octanol–water partition coefficient (Wildman–Crippen LogP) is 2.28. The summed E-state index contributed by atoms with van der Waals surface area (Å²) < 4.78 is 0. The van der Waals surface area contributed by atoms with E-state index in [0.717, 1.165) is 5.71 Å². The normalized spacial score (nSPS) is 13.0. The zero-order valence-corrected chi connectivity index (χ0v) is 6.83. The van der Waals surface area contributed by atoms with Crippen LogP contribution in [0.15, 0.2) is 22.4 Å². The second kappa shape index (κ2) is 4.91. The zero-order valence-electron chi connectivity index (χ0n) is 6.83. The molecule has 0 aromatic rings. The predicted molar refractivity (Wildman–Crippen MR) is 46.6 cm³/mol. The SMILES string of the molecule is C=N/N=C(\C=C/C)C(C)C. The number of hydrogen-bond donors (Lipinski definition) is 0. The molecule has 0 N–H and O–H groups in total. The van der Waals surface area contributed by atoms with Crippen LogP contribution in [0.3, 0.4) is 0 Å². The lowest BCUT2D eigenvalue weighted by atomic mass is 10.1. The van der Waals surface area contributed by atoms with Crippen LogP contribution < -0.4 is 0 Å². The van der Waals surface area contributed by atoms with Gasteiger partial charge in [-0.15, -0.1) is 0 Å². The molecular weight excluding hydrogens is 124 g/mol. The van der Waals surface area contributed by atoms with Crippen molar-refractivity contribution in [3.63, 3.8) is 0 Å². The van der Waals surface area contributed by atoms with Gasteiger partial charge in [-0.1, -0.05) is 19.9 Å². The Morgan fingerprint density at radius 2 is 2.10 bits per heavy atom. The second-order valence-corrected chi connectivity index (χ2v) is 2.32. The molecule has 0 aliphatic heterocycles. The van der Waals surface area contributed by atoms with Crippen molar-refractivity contribution in [3.8, 4) is 0 Å². The van der Waals surface area contributed by atoms with Gasteiger partial charge in [0.1, 0.15) is 0 Å². The van der Waals surface area contributed by atoms with Crippen LogP contribution in [0.1, 0.15) is 20.8 Å². The first kappa shape index (κ1) is 9.08. The van der Waals surface area contributed by atoms with E-state index >= 15 is 0 Å². The molecule has 0 aliphatic carbocycles. The molecule has 0 fully saturated rings. The summed E-state index contributed by atoms with van der Waals surface area (Å²) in [4.78, 5) is 0. The molecular formula is C8H14N2. The van der Waals surface area contributed by atoms with Crippen molar-refractivity contribution in [1.29, 1.82) is 0 Å². The zero-order chi connectivity index (χ0) is 7.98. The molecule has 2 nitrogen and oxygen atoms in total. The maximum Gasteiger partial charge on any atom is 0.0652 e. The van der Waals surface area contributed by atoms with E-state index in [1.54, 1.807) is 0 Å². The van der Waals surface area contributed by atoms with Gasteiger partial charge in [0.15, 0.2) is 0 Å². The molecule has 10 heavy (non-hydrogen) atoms. The minimum Gasteiger partial charge on any atom is -0.167 e. The number of allylic oxidation sites excluding steroid dienone is 2. The molecule has 56 valence electrons. The Morgan fingerprint density at radius 1 is 1.50 bits per heavy atom. The molecule has 0 saturated heterocycles. The van der Waals surface area contributed by atoms with Crippen molar-refractivity contribution >= 4 is 12.4 Å². The van der Waals surface area contributed by atoms with Gasteiger partial charge in [-0.3, -0.25) is 0 Å². The fraction of sp³-hybridized carbons (Fsp3) is 0.500. The molecule has 0 bridgehead atoms.